The van der Waals surface area contributed by atoms with Crippen LogP contribution in [0.3, 0.4) is 0 Å². The van der Waals surface area contributed by atoms with Crippen molar-refractivity contribution < 1.29 is 23.1 Å². The van der Waals surface area contributed by atoms with Crippen molar-refractivity contribution in [2.45, 2.75) is 116 Å². The first-order chi connectivity index (χ1) is 33.8. The summed E-state index contributed by atoms with van der Waals surface area (Å²) in [7, 11) is 1.79. The summed E-state index contributed by atoms with van der Waals surface area (Å²) in [5.41, 5.74) is 6.02. The Labute approximate surface area is 412 Å². The number of carbonyl (C=O) groups excluding carboxylic acids is 2. The molecule has 0 atom stereocenters. The molecule has 368 valence electrons. The van der Waals surface area contributed by atoms with Crippen LogP contribution in [0.1, 0.15) is 123 Å². The lowest BCUT2D eigenvalue weighted by molar-refractivity contribution is -0.129. The number of anilines is 3. The van der Waals surface area contributed by atoms with Gasteiger partial charge in [-0.3, -0.25) is 19.0 Å². The Bertz CT molecular complexity index is 2770. The van der Waals surface area contributed by atoms with E-state index in [1.807, 2.05) is 17.0 Å². The molecule has 0 unspecified atom stereocenters. The number of piperidine rings is 2. The van der Waals surface area contributed by atoms with E-state index in [0.717, 1.165) is 131 Å². The van der Waals surface area contributed by atoms with Crippen LogP contribution in [0.5, 0.6) is 5.75 Å². The maximum Gasteiger partial charge on any atom is 0.272 e. The molecule has 2 aromatic carbocycles. The Morgan fingerprint density at radius 2 is 1.76 bits per heavy atom. The van der Waals surface area contributed by atoms with E-state index in [9.17, 15) is 18.4 Å². The minimum absolute atomic E-state index is 0.0135. The number of hydrogen-bond donors (Lipinski definition) is 1. The van der Waals surface area contributed by atoms with Crippen LogP contribution in [0.2, 0.25) is 5.02 Å². The highest BCUT2D eigenvalue weighted by Crippen LogP contribution is 2.44. The van der Waals surface area contributed by atoms with Gasteiger partial charge in [0.2, 0.25) is 5.91 Å². The molecule has 2 amide bonds. The number of fused-ring (bicyclic) bond motifs is 2. The molecule has 1 aliphatic carbocycles. The Morgan fingerprint density at radius 1 is 0.971 bits per heavy atom. The van der Waals surface area contributed by atoms with Crippen LogP contribution in [0, 0.1) is 16.7 Å². The van der Waals surface area contributed by atoms with Crippen LogP contribution in [0.15, 0.2) is 54.9 Å². The zero-order valence-electron chi connectivity index (χ0n) is 40.2. The molecule has 4 aliphatic heterocycles. The van der Waals surface area contributed by atoms with Gasteiger partial charge in [0.1, 0.15) is 11.8 Å². The predicted molar refractivity (Wildman–Crippen MR) is 263 cm³/mol. The van der Waals surface area contributed by atoms with Crippen molar-refractivity contribution in [2.75, 3.05) is 55.6 Å². The number of alkyl halides is 2. The molecule has 2 saturated heterocycles. The second kappa shape index (κ2) is 19.9. The first-order valence-corrected chi connectivity index (χ1v) is 25.2. The van der Waals surface area contributed by atoms with Gasteiger partial charge in [-0.25, -0.2) is 8.78 Å². The van der Waals surface area contributed by atoms with Gasteiger partial charge >= 0.3 is 0 Å². The van der Waals surface area contributed by atoms with Crippen LogP contribution < -0.4 is 19.9 Å². The number of carbonyl (C=O) groups is 2. The molecule has 1 N–H and O–H groups in total. The zero-order valence-corrected chi connectivity index (χ0v) is 41.0. The second-order valence-corrected chi connectivity index (χ2v) is 20.7. The van der Waals surface area contributed by atoms with Crippen LogP contribution in [0.4, 0.5) is 26.1 Å². The first-order valence-electron chi connectivity index (χ1n) is 24.9. The number of nitriles is 1. The highest BCUT2D eigenvalue weighted by Gasteiger charge is 2.37. The molecular formula is C52H61ClF2N12O3. The molecule has 5 aliphatic rings. The number of amides is 2. The van der Waals surface area contributed by atoms with E-state index in [2.05, 4.69) is 53.0 Å². The molecule has 0 bridgehead atoms. The molecule has 10 rings (SSSR count). The second-order valence-electron chi connectivity index (χ2n) is 20.3. The first kappa shape index (κ1) is 47.6. The summed E-state index contributed by atoms with van der Waals surface area (Å²) < 4.78 is 39.6. The quantitative estimate of drug-likeness (QED) is 0.135. The summed E-state index contributed by atoms with van der Waals surface area (Å²) in [4.78, 5) is 34.8. The molecule has 3 fully saturated rings. The highest BCUT2D eigenvalue weighted by atomic mass is 35.5. The van der Waals surface area contributed by atoms with Gasteiger partial charge in [0.25, 0.3) is 12.3 Å². The SMILES string of the molecule is CC(=O)N1CCc2c(c(N3CCCc4cc(-c5cnn(C)c5)c(C(F)F)cc43)nn2C2CCN(CC3(C)CCN(c4ccc(C(=O)NC5CCC(Oc6ccc(C#N)c(Cl)c6)CC5)nn4)CC3)CC2)C1. The third-order valence-electron chi connectivity index (χ3n) is 15.4. The fraction of sp³-hybridized carbons (Fsp3) is 0.519. The molecule has 5 aromatic rings. The normalized spacial score (nSPS) is 20.7. The lowest BCUT2D eigenvalue weighted by Crippen LogP contribution is -2.47. The van der Waals surface area contributed by atoms with E-state index >= 15 is 0 Å². The number of nitrogens with zero attached hydrogens (tertiary/aromatic N) is 11. The number of aromatic nitrogens is 6. The number of rotatable bonds is 11. The molecule has 3 aromatic heterocycles. The minimum atomic E-state index is -2.66. The number of hydrogen-bond acceptors (Lipinski definition) is 11. The molecule has 7 heterocycles. The highest BCUT2D eigenvalue weighted by molar-refractivity contribution is 6.31. The zero-order chi connectivity index (χ0) is 48.7. The van der Waals surface area contributed by atoms with Gasteiger partial charge in [-0.15, -0.1) is 10.2 Å². The summed E-state index contributed by atoms with van der Waals surface area (Å²) in [6.45, 7) is 10.4. The summed E-state index contributed by atoms with van der Waals surface area (Å²) >= 11 is 6.18. The fourth-order valence-electron chi connectivity index (χ4n) is 11.4. The molecule has 15 nitrogen and oxygen atoms in total. The lowest BCUT2D eigenvalue weighted by Gasteiger charge is -2.44. The maximum atomic E-state index is 14.8. The van der Waals surface area contributed by atoms with Gasteiger partial charge in [0.15, 0.2) is 17.3 Å². The topological polar surface area (TPSA) is 154 Å². The molecular weight excluding hydrogens is 914 g/mol. The molecule has 0 radical (unpaired) electrons. The fourth-order valence-corrected chi connectivity index (χ4v) is 11.6. The third kappa shape index (κ3) is 9.94. The van der Waals surface area contributed by atoms with Crippen molar-refractivity contribution in [1.29, 1.82) is 5.26 Å². The van der Waals surface area contributed by atoms with E-state index < -0.39 is 6.43 Å². The Balaban J connectivity index is 0.736. The van der Waals surface area contributed by atoms with Gasteiger partial charge in [0, 0.05) is 113 Å². The maximum absolute atomic E-state index is 14.8. The van der Waals surface area contributed by atoms with Crippen molar-refractivity contribution in [2.24, 2.45) is 12.5 Å². The standard InChI is InChI=1S/C52H61ClF2N12O3/c1-33(68)65-22-16-46-43(31-65)50(66-19-4-5-34-25-41(36-29-57-62(3)30-36)42(49(54)55)27-47(34)66)61-67(46)38-14-20-63(21-15-38)32-52(2)17-23-64(24-18-52)48-13-12-45(59-60-48)51(69)58-37-7-10-39(11-8-37)70-40-9-6-35(28-56)44(53)26-40/h6,9,12-13,25-27,29-30,37-39,49H,4-5,7-8,10-11,14-24,31-32H2,1-3H3,(H,58,69). The van der Waals surface area contributed by atoms with Gasteiger partial charge in [-0.2, -0.15) is 15.5 Å². The van der Waals surface area contributed by atoms with E-state index in [0.29, 0.717) is 59.2 Å². The van der Waals surface area contributed by atoms with Gasteiger partial charge in [0.05, 0.1) is 35.5 Å². The number of ether oxygens (including phenoxy) is 1. The lowest BCUT2D eigenvalue weighted by atomic mass is 9.79. The average molecular weight is 976 g/mol. The average Bonchev–Trinajstić information content (AvgIpc) is 3.98. The van der Waals surface area contributed by atoms with E-state index in [-0.39, 0.29) is 41.0 Å². The number of aryl methyl sites for hydroxylation is 2. The Kier molecular flexibility index (Phi) is 13.5. The van der Waals surface area contributed by atoms with Crippen LogP contribution in [-0.4, -0.2) is 109 Å². The van der Waals surface area contributed by atoms with Crippen LogP contribution >= 0.6 is 11.6 Å². The molecule has 70 heavy (non-hydrogen) atoms. The van der Waals surface area contributed by atoms with E-state index in [1.165, 1.54) is 0 Å². The third-order valence-corrected chi connectivity index (χ3v) is 15.8. The number of halogens is 3. The Morgan fingerprint density at radius 3 is 2.43 bits per heavy atom. The summed E-state index contributed by atoms with van der Waals surface area (Å²) in [6, 6.07) is 14.7. The number of nitrogens with one attached hydrogen (secondary N) is 1. The van der Waals surface area contributed by atoms with Gasteiger partial charge in [-0.05, 0) is 117 Å². The number of likely N-dealkylation sites (tertiary alicyclic amines) is 1. The monoisotopic (exact) mass is 974 g/mol. The van der Waals surface area contributed by atoms with Crippen molar-refractivity contribution in [3.05, 3.63) is 93.5 Å². The van der Waals surface area contributed by atoms with E-state index in [4.69, 9.17) is 26.7 Å². The number of benzene rings is 2. The predicted octanol–water partition coefficient (Wildman–Crippen LogP) is 8.59. The van der Waals surface area contributed by atoms with Crippen molar-refractivity contribution in [3.8, 4) is 22.9 Å². The summed E-state index contributed by atoms with van der Waals surface area (Å²) in [5, 5.41) is 31.1. The minimum Gasteiger partial charge on any atom is -0.490 e. The van der Waals surface area contributed by atoms with Gasteiger partial charge in [-0.1, -0.05) is 18.5 Å². The van der Waals surface area contributed by atoms with Crippen molar-refractivity contribution in [3.63, 3.8) is 0 Å². The van der Waals surface area contributed by atoms with Crippen LogP contribution in [0.25, 0.3) is 11.1 Å². The largest absolute Gasteiger partial charge is 0.490 e. The van der Waals surface area contributed by atoms with Crippen LogP contribution in [-0.2, 0) is 31.2 Å². The molecule has 18 heteroatoms. The van der Waals surface area contributed by atoms with E-state index in [1.54, 1.807) is 61.4 Å². The summed E-state index contributed by atoms with van der Waals surface area (Å²) in [5.74, 6) is 2.01. The van der Waals surface area contributed by atoms with Gasteiger partial charge < -0.3 is 29.7 Å². The Hall–Kier alpha value is -6.12. The molecule has 1 saturated carbocycles. The molecule has 0 spiro atoms. The van der Waals surface area contributed by atoms with Crippen molar-refractivity contribution in [1.82, 2.24) is 44.9 Å². The summed E-state index contributed by atoms with van der Waals surface area (Å²) in [6.07, 6.45) is 10.2. The smallest absolute Gasteiger partial charge is 0.272 e. The van der Waals surface area contributed by atoms with Crippen molar-refractivity contribution >= 4 is 40.7 Å².